The van der Waals surface area contributed by atoms with Crippen molar-refractivity contribution in [3.63, 3.8) is 0 Å². The van der Waals surface area contributed by atoms with Gasteiger partial charge in [0.2, 0.25) is 5.91 Å². The second-order valence-electron chi connectivity index (χ2n) is 7.80. The number of thioether (sulfide) groups is 1. The van der Waals surface area contributed by atoms with Gasteiger partial charge in [0.15, 0.2) is 0 Å². The average molecular weight is 534 g/mol. The van der Waals surface area contributed by atoms with Gasteiger partial charge in [0, 0.05) is 23.8 Å². The second kappa shape index (κ2) is 10.3. The van der Waals surface area contributed by atoms with Gasteiger partial charge in [-0.05, 0) is 39.7 Å². The number of aliphatic hydroxyl groups excluding tert-OH is 2. The van der Waals surface area contributed by atoms with Gasteiger partial charge in [-0.2, -0.15) is 4.99 Å². The molecule has 3 amide bonds. The number of hydrogen-bond donors (Lipinski definition) is 3. The number of urea groups is 1. The minimum Gasteiger partial charge on any atom is -0.496 e. The molecule has 2 aliphatic heterocycles. The smallest absolute Gasteiger partial charge is 0.341 e. The van der Waals surface area contributed by atoms with Crippen LogP contribution in [0.3, 0.4) is 0 Å². The first-order valence-corrected chi connectivity index (χ1v) is 12.4. The van der Waals surface area contributed by atoms with Crippen LogP contribution in [0, 0.1) is 5.92 Å². The monoisotopic (exact) mass is 533 g/mol. The third-order valence-corrected chi connectivity index (χ3v) is 7.38. The van der Waals surface area contributed by atoms with Crippen molar-refractivity contribution in [2.24, 2.45) is 10.9 Å². The van der Waals surface area contributed by atoms with E-state index in [2.05, 4.69) is 26.2 Å². The summed E-state index contributed by atoms with van der Waals surface area (Å²) in [5, 5.41) is 21.5. The number of rotatable bonds is 7. The van der Waals surface area contributed by atoms with Crippen molar-refractivity contribution in [3.8, 4) is 5.75 Å². The fourth-order valence-electron chi connectivity index (χ4n) is 4.13. The Bertz CT molecular complexity index is 1100. The van der Waals surface area contributed by atoms with Crippen LogP contribution in [0.1, 0.15) is 17.2 Å². The van der Waals surface area contributed by atoms with Crippen LogP contribution in [0.25, 0.3) is 0 Å². The maximum absolute atomic E-state index is 13.2. The molecule has 0 spiro atoms. The Kier molecular flexibility index (Phi) is 7.38. The predicted molar refractivity (Wildman–Crippen MR) is 131 cm³/mol. The van der Waals surface area contributed by atoms with Gasteiger partial charge in [0.25, 0.3) is 0 Å². The molecule has 33 heavy (non-hydrogen) atoms. The quantitative estimate of drug-likeness (QED) is 0.504. The number of hydrogen-bond acceptors (Lipinski definition) is 6. The Balaban J connectivity index is 1.67. The molecule has 0 bridgehead atoms. The number of benzene rings is 2. The van der Waals surface area contributed by atoms with Gasteiger partial charge >= 0.3 is 6.03 Å². The van der Waals surface area contributed by atoms with Crippen LogP contribution >= 0.6 is 27.7 Å². The van der Waals surface area contributed by atoms with E-state index in [1.165, 1.54) is 11.8 Å². The van der Waals surface area contributed by atoms with Crippen molar-refractivity contribution in [2.75, 3.05) is 36.7 Å². The van der Waals surface area contributed by atoms with E-state index in [-0.39, 0.29) is 36.0 Å². The number of halogens is 1. The number of carbonyl (C=O) groups is 2. The first-order chi connectivity index (χ1) is 15.9. The fourth-order valence-corrected chi connectivity index (χ4v) is 5.51. The molecule has 3 N–H and O–H groups in total. The molecule has 0 fully saturated rings. The Labute approximate surface area is 204 Å². The zero-order valence-corrected chi connectivity index (χ0v) is 20.3. The first-order valence-electron chi connectivity index (χ1n) is 10.4. The highest BCUT2D eigenvalue weighted by Gasteiger charge is 2.41. The third kappa shape index (κ3) is 4.93. The van der Waals surface area contributed by atoms with E-state index >= 15 is 0 Å². The summed E-state index contributed by atoms with van der Waals surface area (Å²) in [7, 11) is 1.59. The summed E-state index contributed by atoms with van der Waals surface area (Å²) in [4.78, 5) is 31.7. The number of aliphatic hydroxyl groups is 2. The van der Waals surface area contributed by atoms with Crippen LogP contribution in [-0.2, 0) is 4.79 Å². The van der Waals surface area contributed by atoms with E-state index in [1.54, 1.807) is 12.0 Å². The Hall–Kier alpha value is -2.40. The topological polar surface area (TPSA) is 111 Å². The number of amides is 3. The molecule has 4 rings (SSSR count). The molecule has 8 nitrogen and oxygen atoms in total. The van der Waals surface area contributed by atoms with Crippen LogP contribution < -0.4 is 15.0 Å². The maximum atomic E-state index is 13.2. The average Bonchev–Trinajstić information content (AvgIpc) is 2.82. The standard InChI is InChI=1S/C23H24BrN3O5S/c1-32-19-7-6-13(8-17(19)24)21-16-9-27(20(30)12-33-11-14(29)10-28)18-5-3-2-4-15(18)22(16)26-23(31)25-21/h2-8,14,16,21,28-29H,9-12H2,1H3,(H,25,31). The number of methoxy groups -OCH3 is 1. The number of nitrogens with zero attached hydrogens (tertiary/aromatic N) is 2. The summed E-state index contributed by atoms with van der Waals surface area (Å²) in [5.74, 6) is 0.767. The van der Waals surface area contributed by atoms with Crippen LogP contribution in [-0.4, -0.2) is 65.7 Å². The summed E-state index contributed by atoms with van der Waals surface area (Å²) < 4.78 is 6.09. The van der Waals surface area contributed by atoms with E-state index in [1.807, 2.05) is 42.5 Å². The lowest BCUT2D eigenvalue weighted by atomic mass is 9.81. The van der Waals surface area contributed by atoms with E-state index < -0.39 is 12.1 Å². The zero-order chi connectivity index (χ0) is 23.5. The van der Waals surface area contributed by atoms with Crippen LogP contribution in [0.4, 0.5) is 10.5 Å². The third-order valence-electron chi connectivity index (χ3n) is 5.69. The molecular formula is C23H24BrN3O5S. The number of nitrogens with one attached hydrogen (secondary N) is 1. The van der Waals surface area contributed by atoms with Crippen LogP contribution in [0.2, 0.25) is 0 Å². The fraction of sp³-hybridized carbons (Fsp3) is 0.348. The molecule has 3 unspecified atom stereocenters. The van der Waals surface area contributed by atoms with Crippen molar-refractivity contribution >= 4 is 51.0 Å². The Morgan fingerprint density at radius 2 is 2.15 bits per heavy atom. The minimum atomic E-state index is -0.860. The molecule has 0 radical (unpaired) electrons. The second-order valence-corrected chi connectivity index (χ2v) is 9.68. The minimum absolute atomic E-state index is 0.108. The maximum Gasteiger partial charge on any atom is 0.341 e. The number of para-hydroxylation sites is 1. The van der Waals surface area contributed by atoms with Crippen molar-refractivity contribution in [3.05, 3.63) is 58.1 Å². The molecule has 0 aromatic heterocycles. The zero-order valence-electron chi connectivity index (χ0n) is 17.9. The van der Waals surface area contributed by atoms with Crippen molar-refractivity contribution in [2.45, 2.75) is 12.1 Å². The predicted octanol–water partition coefficient (Wildman–Crippen LogP) is 2.76. The van der Waals surface area contributed by atoms with E-state index in [0.717, 1.165) is 15.6 Å². The van der Waals surface area contributed by atoms with Gasteiger partial charge in [0.1, 0.15) is 5.75 Å². The van der Waals surface area contributed by atoms with Gasteiger partial charge in [-0.25, -0.2) is 4.79 Å². The SMILES string of the molecule is COc1ccc(C2NC(=O)N=C3c4ccccc4N(C(=O)CSCC(O)CO)CC32)cc1Br. The van der Waals surface area contributed by atoms with Crippen molar-refractivity contribution < 1.29 is 24.5 Å². The lowest BCUT2D eigenvalue weighted by Crippen LogP contribution is -2.51. The van der Waals surface area contributed by atoms with E-state index in [9.17, 15) is 14.7 Å². The number of ether oxygens (including phenoxy) is 1. The lowest BCUT2D eigenvalue weighted by Gasteiger charge is -2.41. The molecule has 0 saturated carbocycles. The summed E-state index contributed by atoms with van der Waals surface area (Å²) in [6.45, 7) is 0.0147. The first kappa shape index (κ1) is 23.7. The van der Waals surface area contributed by atoms with Crippen LogP contribution in [0.5, 0.6) is 5.75 Å². The number of aliphatic imine (C=N–C) groups is 1. The Morgan fingerprint density at radius 1 is 1.36 bits per heavy atom. The number of fused-ring (bicyclic) bond motifs is 3. The Morgan fingerprint density at radius 3 is 2.88 bits per heavy atom. The molecule has 2 aliphatic rings. The highest BCUT2D eigenvalue weighted by molar-refractivity contribution is 9.10. The van der Waals surface area contributed by atoms with E-state index in [4.69, 9.17) is 9.84 Å². The lowest BCUT2D eigenvalue weighted by molar-refractivity contribution is -0.116. The molecule has 2 aromatic rings. The van der Waals surface area contributed by atoms with Gasteiger partial charge in [-0.1, -0.05) is 24.3 Å². The van der Waals surface area contributed by atoms with Crippen molar-refractivity contribution in [1.82, 2.24) is 5.32 Å². The largest absolute Gasteiger partial charge is 0.496 e. The van der Waals surface area contributed by atoms with Crippen molar-refractivity contribution in [1.29, 1.82) is 0 Å². The van der Waals surface area contributed by atoms with Gasteiger partial charge in [0.05, 0.1) is 47.5 Å². The molecule has 0 aliphatic carbocycles. The molecule has 2 heterocycles. The summed E-state index contributed by atoms with van der Waals surface area (Å²) in [5.41, 5.74) is 3.01. The summed E-state index contributed by atoms with van der Waals surface area (Å²) in [6, 6.07) is 12.3. The molecule has 0 saturated heterocycles. The summed E-state index contributed by atoms with van der Waals surface area (Å²) in [6.07, 6.45) is -0.860. The number of anilines is 1. The molecule has 3 atom stereocenters. The van der Waals surface area contributed by atoms with Gasteiger partial charge in [-0.15, -0.1) is 11.8 Å². The number of carbonyl (C=O) groups excluding carboxylic acids is 2. The van der Waals surface area contributed by atoms with Gasteiger partial charge in [-0.3, -0.25) is 4.79 Å². The molecule has 174 valence electrons. The highest BCUT2D eigenvalue weighted by atomic mass is 79.9. The highest BCUT2D eigenvalue weighted by Crippen LogP contribution is 2.39. The van der Waals surface area contributed by atoms with E-state index in [0.29, 0.717) is 23.7 Å². The molecular weight excluding hydrogens is 510 g/mol. The summed E-state index contributed by atoms with van der Waals surface area (Å²) >= 11 is 4.78. The van der Waals surface area contributed by atoms with Crippen LogP contribution in [0.15, 0.2) is 51.9 Å². The van der Waals surface area contributed by atoms with Gasteiger partial charge < -0.3 is 25.2 Å². The molecule has 10 heteroatoms. The normalized spacial score (nSPS) is 20.3. The molecule has 2 aromatic carbocycles.